The van der Waals surface area contributed by atoms with Crippen LogP contribution >= 0.6 is 107 Å². The molecule has 0 bridgehead atoms. The molecule has 0 amide bonds. The molecule has 0 aliphatic carbocycles. The number of fused-ring (bicyclic) bond motifs is 5. The summed E-state index contributed by atoms with van der Waals surface area (Å²) >= 11 is 29.0. The topological polar surface area (TPSA) is 402 Å². The number of nitro benzene ring substituents is 2. The van der Waals surface area contributed by atoms with Crippen molar-refractivity contribution < 1.29 is 85.8 Å². The number of phenolic OH excluding ortho intramolecular Hbond substituents is 1. The fraction of sp³-hybridized carbons (Fsp3) is 0.218. The summed E-state index contributed by atoms with van der Waals surface area (Å²) in [6.07, 6.45) is 16.5. The highest BCUT2D eigenvalue weighted by atomic mass is 79.9. The zero-order valence-electron chi connectivity index (χ0n) is 78.7. The average molecular weight is 2170 g/mol. The van der Waals surface area contributed by atoms with Crippen molar-refractivity contribution in [2.75, 3.05) is 65.7 Å². The number of pyridine rings is 10. The maximum absolute atomic E-state index is 14.3. The number of nitro groups is 2. The Bertz CT molecular complexity index is 7040. The lowest BCUT2D eigenvalue weighted by molar-refractivity contribution is -0.385. The zero-order valence-corrected chi connectivity index (χ0v) is 86.7. The Morgan fingerprint density at radius 2 is 0.783 bits per heavy atom. The van der Waals surface area contributed by atoms with E-state index in [1.165, 1.54) is 46.9 Å². The number of benzene rings is 3. The van der Waals surface area contributed by atoms with Crippen LogP contribution in [0.4, 0.5) is 30.2 Å². The van der Waals surface area contributed by atoms with Crippen molar-refractivity contribution in [1.29, 1.82) is 0 Å². The lowest BCUT2D eigenvalue weighted by atomic mass is 10.2. The third-order valence-corrected chi connectivity index (χ3v) is 25.8. The third kappa shape index (κ3) is 32.4. The standard InChI is InChI=1S/C21H14FN3O5S.C21H16FN3O3S.C15H11ClN2O2S.C13H7ClN2OS.C7H4ClNS.C6H6BrNO.C6H4FNO3.C2H6O2.5C2H6/c22-14-9-13(25(26)27)2-4-17(14)30-18-5-6-23-16-10-19(31-20(16)18)15-3-1-12(11-24-15)21-28-7-8-29-21;22-14-9-13(23)2-4-17(14)28-18-5-6-24-16-10-19(29-20(16)18)15-3-1-12(11-25-15)21-26-7-8-27-21;16-10-3-4-17-12-7-13(21-14(10)12)11-2-1-9(8-18-11)15-19-5-6-20-15;14-9-3-4-15-11-5-12(18-13(9)11)10-2-1-8(7-17)6-16-10;8-5-1-3-9-6-2-4-10-7(5)6;1-9-5-2-3-6(7)8-4-5;7-5-3-4(8(10)11)1-2-6(5)9;3-1-2-4;5*1-2/h1-6,9-11,21H,7-8H2;1-6,9-11,21H,7-8,23H2;1-4,7-8,15H,5-6H2;1-7H;1-4H;2-4H,1H3;1-3,9H;3-4H,1-2H2;5*1-2H3. The van der Waals surface area contributed by atoms with Crippen molar-refractivity contribution in [2.24, 2.45) is 0 Å². The van der Waals surface area contributed by atoms with Crippen molar-refractivity contribution in [3.8, 4) is 76.8 Å². The molecule has 3 aromatic carbocycles. The Labute approximate surface area is 864 Å². The number of rotatable bonds is 16. The Morgan fingerprint density at radius 1 is 0.420 bits per heavy atom. The maximum atomic E-state index is 14.3. The number of phenols is 1. The van der Waals surface area contributed by atoms with Crippen LogP contribution in [0.5, 0.6) is 34.5 Å². The van der Waals surface area contributed by atoms with E-state index in [-0.39, 0.29) is 55.0 Å². The van der Waals surface area contributed by atoms with Crippen molar-refractivity contribution >= 4 is 182 Å². The van der Waals surface area contributed by atoms with Crippen molar-refractivity contribution in [1.82, 2.24) is 49.8 Å². The Hall–Kier alpha value is -12.8. The van der Waals surface area contributed by atoms with E-state index in [4.69, 9.17) is 98.5 Å². The molecule has 0 spiro atoms. The summed E-state index contributed by atoms with van der Waals surface area (Å²) in [7, 11) is 1.62. The fourth-order valence-corrected chi connectivity index (χ4v) is 18.0. The highest BCUT2D eigenvalue weighted by molar-refractivity contribution is 9.10. The van der Waals surface area contributed by atoms with Gasteiger partial charge < -0.3 is 63.7 Å². The van der Waals surface area contributed by atoms with Gasteiger partial charge in [0.15, 0.2) is 59.9 Å². The Balaban J connectivity index is 0.000000189. The van der Waals surface area contributed by atoms with Gasteiger partial charge in [0.05, 0.1) is 197 Å². The van der Waals surface area contributed by atoms with Gasteiger partial charge in [-0.1, -0.05) is 122 Å². The predicted molar refractivity (Wildman–Crippen MR) is 564 cm³/mol. The minimum atomic E-state index is -0.987. The number of aldehydes is 1. The average Bonchev–Trinajstić information content (AvgIpc) is 1.61. The van der Waals surface area contributed by atoms with E-state index in [1.807, 2.05) is 160 Å². The maximum Gasteiger partial charge on any atom is 0.272 e. The minimum Gasteiger partial charge on any atom is -0.505 e. The molecule has 0 radical (unpaired) electrons. The van der Waals surface area contributed by atoms with Gasteiger partial charge in [0, 0.05) is 114 Å². The molecule has 5 N–H and O–H groups in total. The predicted octanol–water partition coefficient (Wildman–Crippen LogP) is 28.4. The van der Waals surface area contributed by atoms with Crippen molar-refractivity contribution in [3.05, 3.63) is 323 Å². The molecule has 21 rings (SSSR count). The quantitative estimate of drug-likeness (QED) is 0.0229. The van der Waals surface area contributed by atoms with Gasteiger partial charge in [-0.2, -0.15) is 0 Å². The van der Waals surface area contributed by atoms with Crippen LogP contribution in [0, 0.1) is 37.7 Å². The van der Waals surface area contributed by atoms with Gasteiger partial charge in [-0.05, 0) is 137 Å². The molecule has 30 nitrogen and oxygen atoms in total. The highest BCUT2D eigenvalue weighted by Crippen LogP contribution is 2.44. The number of halogens is 7. The lowest BCUT2D eigenvalue weighted by Crippen LogP contribution is -1.98. The molecule has 143 heavy (non-hydrogen) atoms. The fourth-order valence-electron chi connectivity index (χ4n) is 12.1. The molecular formula is C101H98BrCl3F3N13O17S5. The van der Waals surface area contributed by atoms with Gasteiger partial charge in [-0.25, -0.2) is 18.2 Å². The van der Waals surface area contributed by atoms with E-state index in [2.05, 4.69) is 65.8 Å². The number of non-ortho nitro benzene ring substituents is 2. The molecule has 3 fully saturated rings. The molecule has 0 saturated carbocycles. The number of nitrogens with zero attached hydrogens (tertiary/aromatic N) is 12. The molecule has 18 aromatic rings. The van der Waals surface area contributed by atoms with Crippen LogP contribution < -0.4 is 19.9 Å². The second-order valence-electron chi connectivity index (χ2n) is 27.3. The van der Waals surface area contributed by atoms with Crippen LogP contribution in [-0.2, 0) is 28.4 Å². The number of carbonyl (C=O) groups is 1. The number of aromatic nitrogens is 10. The first-order valence-corrected chi connectivity index (χ1v) is 50.3. The number of carbonyl (C=O) groups excluding carboxylic acids is 1. The molecule has 0 unspecified atom stereocenters. The molecule has 3 saturated heterocycles. The number of aromatic hydroxyl groups is 1. The summed E-state index contributed by atoms with van der Waals surface area (Å²) in [5.74, 6) is -1.19. The van der Waals surface area contributed by atoms with Gasteiger partial charge in [-0.15, -0.1) is 56.7 Å². The number of hydrogen-bond donors (Lipinski definition) is 4. The van der Waals surface area contributed by atoms with Crippen LogP contribution in [0.3, 0.4) is 0 Å². The summed E-state index contributed by atoms with van der Waals surface area (Å²) in [4.78, 5) is 77.0. The monoisotopic (exact) mass is 2170 g/mol. The summed E-state index contributed by atoms with van der Waals surface area (Å²) in [6, 6.07) is 47.5. The number of ether oxygens (including phenoxy) is 9. The van der Waals surface area contributed by atoms with Crippen LogP contribution in [0.2, 0.25) is 15.1 Å². The molecule has 15 aromatic heterocycles. The molecule has 3 aliphatic heterocycles. The highest BCUT2D eigenvalue weighted by Gasteiger charge is 2.25. The number of anilines is 1. The van der Waals surface area contributed by atoms with Crippen LogP contribution in [0.1, 0.15) is 115 Å². The van der Waals surface area contributed by atoms with E-state index in [1.54, 1.807) is 146 Å². The Morgan fingerprint density at radius 3 is 1.12 bits per heavy atom. The van der Waals surface area contributed by atoms with Gasteiger partial charge in [0.25, 0.3) is 11.4 Å². The van der Waals surface area contributed by atoms with E-state index in [0.29, 0.717) is 83.7 Å². The number of aliphatic hydroxyl groups is 2. The molecule has 748 valence electrons. The molecule has 0 atom stereocenters. The Kier molecular flexibility index (Phi) is 47.3. The molecule has 42 heteroatoms. The summed E-state index contributed by atoms with van der Waals surface area (Å²) in [5.41, 5.74) is 15.9. The van der Waals surface area contributed by atoms with Gasteiger partial charge in [-0.3, -0.25) is 69.9 Å². The first-order valence-electron chi connectivity index (χ1n) is 44.3. The van der Waals surface area contributed by atoms with Gasteiger partial charge >= 0.3 is 0 Å². The second-order valence-corrected chi connectivity index (χ2v) is 34.5. The van der Waals surface area contributed by atoms with E-state index >= 15 is 0 Å². The number of hydrogen-bond acceptors (Lipinski definition) is 33. The minimum absolute atomic E-state index is 0.105. The van der Waals surface area contributed by atoms with Gasteiger partial charge in [0.2, 0.25) is 0 Å². The summed E-state index contributed by atoms with van der Waals surface area (Å²) in [6.45, 7) is 23.3. The largest absolute Gasteiger partial charge is 0.505 e. The van der Waals surface area contributed by atoms with Crippen molar-refractivity contribution in [2.45, 2.75) is 88.1 Å². The first kappa shape index (κ1) is 114. The van der Waals surface area contributed by atoms with Crippen LogP contribution in [-0.4, -0.2) is 141 Å². The smallest absolute Gasteiger partial charge is 0.272 e. The summed E-state index contributed by atoms with van der Waals surface area (Å²) < 4.78 is 95.4. The lowest BCUT2D eigenvalue weighted by Gasteiger charge is -2.08. The number of nitrogen functional groups attached to an aromatic ring is 1. The molecule has 18 heterocycles. The first-order chi connectivity index (χ1) is 69.6. The zero-order chi connectivity index (χ0) is 103. The van der Waals surface area contributed by atoms with Crippen LogP contribution in [0.15, 0.2) is 248 Å². The van der Waals surface area contributed by atoms with E-state index in [0.717, 1.165) is 145 Å². The molecular weight excluding hydrogens is 2070 g/mol. The normalized spacial score (nSPS) is 12.2. The number of methoxy groups -OCH3 is 1. The van der Waals surface area contributed by atoms with Crippen LogP contribution in [0.25, 0.3) is 93.4 Å². The summed E-state index contributed by atoms with van der Waals surface area (Å²) in [5, 5.41) is 48.9. The number of aliphatic hydroxyl groups excluding tert-OH is 2. The van der Waals surface area contributed by atoms with Gasteiger partial charge in [0.1, 0.15) is 21.9 Å². The SMILES string of the molecule is CC.CC.CC.CC.CC.COc1ccc(Br)nc1.Clc1ccnc2cc(-c3ccc(C4OCCO4)cn3)sc12.Clc1ccnc2ccsc12.Nc1ccc(Oc2ccnc3cc(-c4ccc(C5OCCO5)cn4)sc23)c(F)c1.O=Cc1ccc(-c2cc3nccc(Cl)c3s2)nc1.O=[N+]([O-])c1ccc(O)c(F)c1.O=[N+]([O-])c1ccc(Oc2ccnc3cc(-c4ccc(C5OCCO5)cn4)sc23)c(F)c1.OCCO. The third-order valence-electron chi connectivity index (χ3n) is 18.4. The second kappa shape index (κ2) is 59.4. The van der Waals surface area contributed by atoms with E-state index < -0.39 is 33.0 Å². The van der Waals surface area contributed by atoms with Crippen molar-refractivity contribution in [3.63, 3.8) is 0 Å². The number of thiophene rings is 5. The molecule has 3 aliphatic rings. The van der Waals surface area contributed by atoms with E-state index in [9.17, 15) is 38.2 Å². The number of nitrogens with two attached hydrogens (primary N) is 1.